The minimum absolute atomic E-state index is 0.161. The summed E-state index contributed by atoms with van der Waals surface area (Å²) in [5.41, 5.74) is 4.73. The van der Waals surface area contributed by atoms with Gasteiger partial charge in [-0.25, -0.2) is 0 Å². The van der Waals surface area contributed by atoms with Gasteiger partial charge in [0.25, 0.3) is 0 Å². The Balaban J connectivity index is 1.77. The monoisotopic (exact) mass is 374 g/mol. The third-order valence-electron chi connectivity index (χ3n) is 4.65. The molecule has 3 aromatic carbocycles. The fraction of sp³-hybridized carbons (Fsp3) is 0.0435. The number of aromatic amines is 1. The van der Waals surface area contributed by atoms with E-state index in [-0.39, 0.29) is 11.8 Å². The number of hydrogen-bond acceptors (Lipinski definition) is 2. The Bertz CT molecular complexity index is 1100. The van der Waals surface area contributed by atoms with Crippen LogP contribution in [-0.2, 0) is 0 Å². The molecule has 0 spiro atoms. The summed E-state index contributed by atoms with van der Waals surface area (Å²) in [6.45, 7) is 4.38. The predicted molar refractivity (Wildman–Crippen MR) is 113 cm³/mol. The summed E-state index contributed by atoms with van der Waals surface area (Å²) in [5.74, 6) is 0.219. The van der Waals surface area contributed by atoms with Gasteiger partial charge >= 0.3 is 0 Å². The van der Waals surface area contributed by atoms with E-state index < -0.39 is 0 Å². The normalized spacial score (nSPS) is 12.0. The molecule has 3 nitrogen and oxygen atoms in total. The van der Waals surface area contributed by atoms with E-state index in [0.717, 1.165) is 33.3 Å². The SMILES string of the molecule is C=C(c1c[nH]c2c(Cl)cccc12)C(Nc1cccc(O)c1)c1ccccc1. The molecule has 134 valence electrons. The molecule has 4 heteroatoms. The van der Waals surface area contributed by atoms with Crippen molar-refractivity contribution in [1.82, 2.24) is 4.98 Å². The molecule has 1 atom stereocenters. The molecule has 0 bridgehead atoms. The van der Waals surface area contributed by atoms with E-state index in [2.05, 4.69) is 29.0 Å². The first kappa shape index (κ1) is 17.3. The summed E-state index contributed by atoms with van der Waals surface area (Å²) in [6, 6.07) is 22.9. The smallest absolute Gasteiger partial charge is 0.117 e. The first-order valence-electron chi connectivity index (χ1n) is 8.69. The van der Waals surface area contributed by atoms with Crippen LogP contribution in [0.1, 0.15) is 17.2 Å². The Hall–Kier alpha value is -3.17. The second kappa shape index (κ2) is 7.22. The maximum Gasteiger partial charge on any atom is 0.117 e. The number of H-pyrrole nitrogens is 1. The third-order valence-corrected chi connectivity index (χ3v) is 4.96. The molecular formula is C23H19ClN2O. The summed E-state index contributed by atoms with van der Waals surface area (Å²) in [5, 5.41) is 15.0. The Labute approximate surface area is 162 Å². The van der Waals surface area contributed by atoms with E-state index in [1.54, 1.807) is 12.1 Å². The van der Waals surface area contributed by atoms with Gasteiger partial charge in [0.15, 0.2) is 0 Å². The van der Waals surface area contributed by atoms with Gasteiger partial charge in [-0.1, -0.05) is 66.7 Å². The lowest BCUT2D eigenvalue weighted by molar-refractivity contribution is 0.475. The number of fused-ring (bicyclic) bond motifs is 1. The van der Waals surface area contributed by atoms with Gasteiger partial charge in [0.05, 0.1) is 16.6 Å². The second-order valence-electron chi connectivity index (χ2n) is 6.43. The standard InChI is InChI=1S/C23H19ClN2O/c1-15(20-14-25-23-19(20)11-6-12-21(23)24)22(16-7-3-2-4-8-16)26-17-9-5-10-18(27)13-17/h2-14,22,25-27H,1H2. The number of nitrogens with one attached hydrogen (secondary N) is 2. The van der Waals surface area contributed by atoms with E-state index in [9.17, 15) is 5.11 Å². The van der Waals surface area contributed by atoms with Gasteiger partial charge in [-0.15, -0.1) is 0 Å². The number of phenols is 1. The van der Waals surface area contributed by atoms with Gasteiger partial charge in [-0.05, 0) is 29.3 Å². The van der Waals surface area contributed by atoms with E-state index in [1.807, 2.05) is 54.7 Å². The maximum absolute atomic E-state index is 9.81. The highest BCUT2D eigenvalue weighted by atomic mass is 35.5. The van der Waals surface area contributed by atoms with Crippen LogP contribution in [0.25, 0.3) is 16.5 Å². The van der Waals surface area contributed by atoms with E-state index in [0.29, 0.717) is 5.02 Å². The molecule has 27 heavy (non-hydrogen) atoms. The number of aromatic hydroxyl groups is 1. The van der Waals surface area contributed by atoms with Crippen molar-refractivity contribution in [2.45, 2.75) is 6.04 Å². The number of hydrogen-bond donors (Lipinski definition) is 3. The third kappa shape index (κ3) is 3.42. The molecular weight excluding hydrogens is 356 g/mol. The van der Waals surface area contributed by atoms with Crippen molar-refractivity contribution in [1.29, 1.82) is 0 Å². The van der Waals surface area contributed by atoms with Crippen molar-refractivity contribution in [3.63, 3.8) is 0 Å². The van der Waals surface area contributed by atoms with Crippen LogP contribution in [0.15, 0.2) is 85.6 Å². The van der Waals surface area contributed by atoms with E-state index in [4.69, 9.17) is 11.6 Å². The zero-order valence-corrected chi connectivity index (χ0v) is 15.4. The van der Waals surface area contributed by atoms with Gasteiger partial charge in [0.2, 0.25) is 0 Å². The zero-order chi connectivity index (χ0) is 18.8. The van der Waals surface area contributed by atoms with Crippen molar-refractivity contribution in [3.05, 3.63) is 102 Å². The zero-order valence-electron chi connectivity index (χ0n) is 14.6. The van der Waals surface area contributed by atoms with Crippen LogP contribution < -0.4 is 5.32 Å². The molecule has 1 heterocycles. The Kier molecular flexibility index (Phi) is 4.61. The minimum atomic E-state index is -0.161. The molecule has 0 saturated carbocycles. The van der Waals surface area contributed by atoms with Crippen LogP contribution in [0.3, 0.4) is 0 Å². The van der Waals surface area contributed by atoms with Crippen LogP contribution in [0.2, 0.25) is 5.02 Å². The average molecular weight is 375 g/mol. The highest BCUT2D eigenvalue weighted by Crippen LogP contribution is 2.37. The van der Waals surface area contributed by atoms with Crippen LogP contribution in [-0.4, -0.2) is 10.1 Å². The summed E-state index contributed by atoms with van der Waals surface area (Å²) >= 11 is 6.31. The molecule has 0 aliphatic rings. The molecule has 0 fully saturated rings. The molecule has 0 amide bonds. The molecule has 3 N–H and O–H groups in total. The lowest BCUT2D eigenvalue weighted by atomic mass is 9.93. The average Bonchev–Trinajstić information content (AvgIpc) is 3.12. The van der Waals surface area contributed by atoms with Gasteiger partial charge in [0, 0.05) is 28.9 Å². The molecule has 0 saturated heterocycles. The predicted octanol–water partition coefficient (Wildman–Crippen LogP) is 6.39. The number of halogens is 1. The summed E-state index contributed by atoms with van der Waals surface area (Å²) in [7, 11) is 0. The quantitative estimate of drug-likeness (QED) is 0.379. The summed E-state index contributed by atoms with van der Waals surface area (Å²) in [6.07, 6.45) is 1.94. The van der Waals surface area contributed by atoms with Crippen LogP contribution in [0.4, 0.5) is 5.69 Å². The number of aromatic nitrogens is 1. The van der Waals surface area contributed by atoms with Crippen LogP contribution >= 0.6 is 11.6 Å². The highest BCUT2D eigenvalue weighted by Gasteiger charge is 2.20. The topological polar surface area (TPSA) is 48.0 Å². The van der Waals surface area contributed by atoms with Crippen LogP contribution in [0, 0.1) is 0 Å². The first-order chi connectivity index (χ1) is 13.1. The van der Waals surface area contributed by atoms with Crippen molar-refractivity contribution in [2.75, 3.05) is 5.32 Å². The summed E-state index contributed by atoms with van der Waals surface area (Å²) in [4.78, 5) is 3.26. The molecule has 4 aromatic rings. The highest BCUT2D eigenvalue weighted by molar-refractivity contribution is 6.35. The number of para-hydroxylation sites is 1. The van der Waals surface area contributed by atoms with Gasteiger partial charge < -0.3 is 15.4 Å². The number of phenolic OH excluding ortho intramolecular Hbond substituents is 1. The van der Waals surface area contributed by atoms with Crippen molar-refractivity contribution in [3.8, 4) is 5.75 Å². The largest absolute Gasteiger partial charge is 0.508 e. The van der Waals surface area contributed by atoms with Crippen LogP contribution in [0.5, 0.6) is 5.75 Å². The number of rotatable bonds is 5. The van der Waals surface area contributed by atoms with E-state index >= 15 is 0 Å². The van der Waals surface area contributed by atoms with Gasteiger partial charge in [-0.3, -0.25) is 0 Å². The molecule has 1 unspecified atom stereocenters. The lowest BCUT2D eigenvalue weighted by Crippen LogP contribution is -2.12. The first-order valence-corrected chi connectivity index (χ1v) is 9.06. The van der Waals surface area contributed by atoms with Gasteiger partial charge in [0.1, 0.15) is 5.75 Å². The lowest BCUT2D eigenvalue weighted by Gasteiger charge is -2.23. The summed E-state index contributed by atoms with van der Waals surface area (Å²) < 4.78 is 0. The maximum atomic E-state index is 9.81. The van der Waals surface area contributed by atoms with Crippen molar-refractivity contribution in [2.24, 2.45) is 0 Å². The van der Waals surface area contributed by atoms with E-state index in [1.165, 1.54) is 0 Å². The molecule has 0 aliphatic carbocycles. The molecule has 0 aliphatic heterocycles. The molecule has 1 aromatic heterocycles. The van der Waals surface area contributed by atoms with Crippen molar-refractivity contribution < 1.29 is 5.11 Å². The minimum Gasteiger partial charge on any atom is -0.508 e. The fourth-order valence-corrected chi connectivity index (χ4v) is 3.55. The Morgan fingerprint density at radius 2 is 1.78 bits per heavy atom. The van der Waals surface area contributed by atoms with Gasteiger partial charge in [-0.2, -0.15) is 0 Å². The second-order valence-corrected chi connectivity index (χ2v) is 6.84. The Morgan fingerprint density at radius 3 is 2.56 bits per heavy atom. The number of anilines is 1. The molecule has 4 rings (SSSR count). The molecule has 0 radical (unpaired) electrons. The Morgan fingerprint density at radius 1 is 1.00 bits per heavy atom. The van der Waals surface area contributed by atoms with Crippen molar-refractivity contribution >= 4 is 33.8 Å². The number of benzene rings is 3. The fourth-order valence-electron chi connectivity index (χ4n) is 3.32.